The monoisotopic (exact) mass is 304 g/mol. The van der Waals surface area contributed by atoms with Gasteiger partial charge in [0.05, 0.1) is 7.14 Å². The Labute approximate surface area is 128 Å². The lowest BCUT2D eigenvalue weighted by Gasteiger charge is -1.89. The normalized spacial score (nSPS) is 9.52. The summed E-state index contributed by atoms with van der Waals surface area (Å²) in [5.41, 5.74) is 2.40. The molecule has 0 aromatic heterocycles. The topological polar surface area (TPSA) is 34.1 Å². The van der Waals surface area contributed by atoms with Crippen molar-refractivity contribution in [2.24, 2.45) is 0 Å². The molecule has 0 saturated heterocycles. The lowest BCUT2D eigenvalue weighted by atomic mass is 10.2. The minimum absolute atomic E-state index is 0.529. The summed E-state index contributed by atoms with van der Waals surface area (Å²) in [6.45, 7) is 7.31. The van der Waals surface area contributed by atoms with Crippen LogP contribution in [-0.2, 0) is 15.8 Å². The predicted octanol–water partition coefficient (Wildman–Crippen LogP) is 4.66. The molecule has 2 aromatic rings. The van der Waals surface area contributed by atoms with E-state index >= 15 is 0 Å². The van der Waals surface area contributed by atoms with E-state index in [4.69, 9.17) is 0 Å². The summed E-state index contributed by atoms with van der Waals surface area (Å²) in [5.74, 6) is 0. The summed E-state index contributed by atoms with van der Waals surface area (Å²) in [6, 6.07) is 19.9. The van der Waals surface area contributed by atoms with Gasteiger partial charge in [0.25, 0.3) is 0 Å². The van der Waals surface area contributed by atoms with E-state index in [9.17, 15) is 9.36 Å². The molecule has 114 valence electrons. The van der Waals surface area contributed by atoms with Gasteiger partial charge < -0.3 is 9.36 Å². The van der Waals surface area contributed by atoms with Crippen LogP contribution in [0, 0.1) is 6.92 Å². The van der Waals surface area contributed by atoms with Gasteiger partial charge >= 0.3 is 0 Å². The fourth-order valence-corrected chi connectivity index (χ4v) is 1.24. The second kappa shape index (κ2) is 11.0. The van der Waals surface area contributed by atoms with E-state index in [0.29, 0.717) is 6.42 Å². The Morgan fingerprint density at radius 1 is 0.857 bits per heavy atom. The summed E-state index contributed by atoms with van der Waals surface area (Å²) in [6.07, 6.45) is 1.44. The lowest BCUT2D eigenvalue weighted by Crippen LogP contribution is -1.82. The van der Waals surface area contributed by atoms with Gasteiger partial charge in [-0.25, -0.2) is 0 Å². The maximum Gasteiger partial charge on any atom is 0.124 e. The van der Waals surface area contributed by atoms with E-state index in [-0.39, 0.29) is 0 Å². The van der Waals surface area contributed by atoms with Crippen molar-refractivity contribution in [3.8, 4) is 0 Å². The minimum atomic E-state index is -1.64. The van der Waals surface area contributed by atoms with E-state index in [1.807, 2.05) is 48.5 Å². The second-order valence-electron chi connectivity index (χ2n) is 5.40. The van der Waals surface area contributed by atoms with E-state index in [2.05, 4.69) is 19.1 Å². The highest BCUT2D eigenvalue weighted by atomic mass is 31.2. The largest absolute Gasteiger partial charge is 0.324 e. The highest BCUT2D eigenvalue weighted by Crippen LogP contribution is 2.28. The smallest absolute Gasteiger partial charge is 0.124 e. The molecule has 0 bridgehead atoms. The molecule has 0 fully saturated rings. The Hall–Kier alpha value is -1.66. The van der Waals surface area contributed by atoms with Crippen molar-refractivity contribution in [1.82, 2.24) is 0 Å². The van der Waals surface area contributed by atoms with Gasteiger partial charge in [0, 0.05) is 6.42 Å². The molecule has 0 aliphatic heterocycles. The van der Waals surface area contributed by atoms with Crippen LogP contribution >= 0.6 is 7.14 Å². The number of aryl methyl sites for hydroxylation is 1. The van der Waals surface area contributed by atoms with Crippen LogP contribution in [0.1, 0.15) is 11.1 Å². The Morgan fingerprint density at radius 3 is 1.52 bits per heavy atom. The van der Waals surface area contributed by atoms with Crippen molar-refractivity contribution < 1.29 is 9.36 Å². The summed E-state index contributed by atoms with van der Waals surface area (Å²) in [5, 5.41) is 0. The Kier molecular flexibility index (Phi) is 10.2. The average molecular weight is 304 g/mol. The molecule has 0 unspecified atom stereocenters. The minimum Gasteiger partial charge on any atom is -0.324 e. The molecule has 0 amide bonds. The molecule has 0 aliphatic rings. The third-order valence-corrected chi connectivity index (χ3v) is 2.10. The number of benzene rings is 2. The van der Waals surface area contributed by atoms with Gasteiger partial charge in [0.1, 0.15) is 6.29 Å². The molecule has 0 N–H and O–H groups in total. The van der Waals surface area contributed by atoms with Crippen LogP contribution in [0.4, 0.5) is 0 Å². The fraction of sp³-hybridized carbons (Fsp3) is 0.278. The first-order valence-corrected chi connectivity index (χ1v) is 9.89. The average Bonchev–Trinajstić information content (AvgIpc) is 2.40. The molecule has 0 saturated carbocycles. The van der Waals surface area contributed by atoms with Crippen molar-refractivity contribution >= 4 is 13.4 Å². The van der Waals surface area contributed by atoms with Crippen LogP contribution in [0.5, 0.6) is 0 Å². The summed E-state index contributed by atoms with van der Waals surface area (Å²) >= 11 is 0. The summed E-state index contributed by atoms with van der Waals surface area (Å²) < 4.78 is 10.2. The number of carbonyl (C=O) groups is 1. The molecule has 2 aromatic carbocycles. The molecular formula is C18H25O2P. The number of hydrogen-bond donors (Lipinski definition) is 0. The standard InChI is InChI=1S/C8H8O.C7H8.C3H9OP/c9-7-6-8-4-2-1-3-5-8;1-7-5-3-2-4-6-7;1-5(2,3)4/h1-5,7H,6H2;2-6H,1H3;1-3H3. The zero-order valence-electron chi connectivity index (χ0n) is 13.3. The first-order valence-electron chi connectivity index (χ1n) is 6.84. The number of rotatable bonds is 2. The van der Waals surface area contributed by atoms with Crippen LogP contribution in [0.15, 0.2) is 60.7 Å². The van der Waals surface area contributed by atoms with Gasteiger partial charge in [-0.05, 0) is 32.5 Å². The number of hydrogen-bond acceptors (Lipinski definition) is 2. The zero-order valence-corrected chi connectivity index (χ0v) is 14.2. The highest BCUT2D eigenvalue weighted by molar-refractivity contribution is 7.61. The molecule has 21 heavy (non-hydrogen) atoms. The quantitative estimate of drug-likeness (QED) is 0.597. The van der Waals surface area contributed by atoms with Crippen LogP contribution < -0.4 is 0 Å². The van der Waals surface area contributed by atoms with Gasteiger partial charge in [-0.2, -0.15) is 0 Å². The molecule has 2 rings (SSSR count). The molecule has 0 atom stereocenters. The molecule has 0 heterocycles. The van der Waals surface area contributed by atoms with Crippen molar-refractivity contribution in [1.29, 1.82) is 0 Å². The lowest BCUT2D eigenvalue weighted by molar-refractivity contribution is -0.107. The molecule has 3 heteroatoms. The summed E-state index contributed by atoms with van der Waals surface area (Å²) in [4.78, 5) is 9.97. The first-order chi connectivity index (χ1) is 9.83. The van der Waals surface area contributed by atoms with Crippen LogP contribution in [0.2, 0.25) is 0 Å². The van der Waals surface area contributed by atoms with Crippen molar-refractivity contribution in [3.05, 3.63) is 71.8 Å². The van der Waals surface area contributed by atoms with Crippen LogP contribution in [-0.4, -0.2) is 26.3 Å². The maximum atomic E-state index is 10.2. The molecule has 0 radical (unpaired) electrons. The predicted molar refractivity (Wildman–Crippen MR) is 92.8 cm³/mol. The Bertz CT molecular complexity index is 521. The van der Waals surface area contributed by atoms with Crippen molar-refractivity contribution in [2.75, 3.05) is 20.0 Å². The van der Waals surface area contributed by atoms with Gasteiger partial charge in [-0.15, -0.1) is 0 Å². The molecular weight excluding hydrogens is 279 g/mol. The maximum absolute atomic E-state index is 10.2. The van der Waals surface area contributed by atoms with Crippen LogP contribution in [0.25, 0.3) is 0 Å². The Balaban J connectivity index is 0.000000300. The number of carbonyl (C=O) groups excluding carboxylic acids is 1. The van der Waals surface area contributed by atoms with E-state index in [1.165, 1.54) is 5.56 Å². The van der Waals surface area contributed by atoms with Gasteiger partial charge in [-0.1, -0.05) is 66.2 Å². The Morgan fingerprint density at radius 2 is 1.24 bits per heavy atom. The van der Waals surface area contributed by atoms with Crippen LogP contribution in [0.3, 0.4) is 0 Å². The van der Waals surface area contributed by atoms with Gasteiger partial charge in [-0.3, -0.25) is 0 Å². The van der Waals surface area contributed by atoms with Crippen molar-refractivity contribution in [2.45, 2.75) is 13.3 Å². The van der Waals surface area contributed by atoms with Crippen molar-refractivity contribution in [3.63, 3.8) is 0 Å². The fourth-order valence-electron chi connectivity index (χ4n) is 1.24. The van der Waals surface area contributed by atoms with Gasteiger partial charge in [0.2, 0.25) is 0 Å². The first kappa shape index (κ1) is 19.3. The highest BCUT2D eigenvalue weighted by Gasteiger charge is 1.89. The van der Waals surface area contributed by atoms with Gasteiger partial charge in [0.15, 0.2) is 0 Å². The molecule has 0 spiro atoms. The van der Waals surface area contributed by atoms with E-state index in [0.717, 1.165) is 11.8 Å². The summed E-state index contributed by atoms with van der Waals surface area (Å²) in [7, 11) is -1.64. The third-order valence-electron chi connectivity index (χ3n) is 2.10. The van der Waals surface area contributed by atoms with E-state index < -0.39 is 7.14 Å². The zero-order chi connectivity index (χ0) is 16.1. The van der Waals surface area contributed by atoms with E-state index in [1.54, 1.807) is 20.0 Å². The molecule has 2 nitrogen and oxygen atoms in total. The SMILES string of the molecule is CP(C)(C)=O.Cc1ccccc1.O=CCc1ccccc1. The molecule has 0 aliphatic carbocycles. The second-order valence-corrected chi connectivity index (χ2v) is 9.18. The number of aldehydes is 1. The third kappa shape index (κ3) is 16.3.